The summed E-state index contributed by atoms with van der Waals surface area (Å²) in [7, 11) is 0. The van der Waals surface area contributed by atoms with Gasteiger partial charge in [0.2, 0.25) is 0 Å². The van der Waals surface area contributed by atoms with Gasteiger partial charge in [-0.1, -0.05) is 32.4 Å². The zero-order valence-electron chi connectivity index (χ0n) is 13.5. The van der Waals surface area contributed by atoms with Gasteiger partial charge in [-0.2, -0.15) is 0 Å². The topological polar surface area (TPSA) is 38.3 Å². The molecule has 0 aromatic heterocycles. The fraction of sp³-hybridized carbons (Fsp3) is 0.588. The quantitative estimate of drug-likeness (QED) is 0.548. The summed E-state index contributed by atoms with van der Waals surface area (Å²) in [5.41, 5.74) is 1.27. The lowest BCUT2D eigenvalue weighted by atomic mass is 10.1. The molecule has 0 fully saturated rings. The van der Waals surface area contributed by atoms with E-state index in [4.69, 9.17) is 4.74 Å². The molecule has 0 amide bonds. The maximum Gasteiger partial charge on any atom is 0.319 e. The lowest BCUT2D eigenvalue weighted by molar-refractivity contribution is -0.142. The van der Waals surface area contributed by atoms with Crippen LogP contribution in [-0.4, -0.2) is 24.4 Å². The first-order chi connectivity index (χ1) is 10.1. The van der Waals surface area contributed by atoms with E-state index >= 15 is 0 Å². The number of hydrogen-bond donors (Lipinski definition) is 1. The van der Waals surface area contributed by atoms with Crippen LogP contribution in [-0.2, 0) is 9.53 Å². The zero-order valence-corrected chi connectivity index (χ0v) is 14.3. The standard InChI is InChI=1S/C17H27NO2S/c1-5-8-16(17(19)20-7-3)21-15-11-9-14(10-12-15)13(4)18-6-2/h9-13,16,18H,5-8H2,1-4H3. The number of rotatable bonds is 9. The smallest absolute Gasteiger partial charge is 0.319 e. The van der Waals surface area contributed by atoms with Gasteiger partial charge in [0, 0.05) is 10.9 Å². The van der Waals surface area contributed by atoms with Gasteiger partial charge in [0.1, 0.15) is 5.25 Å². The van der Waals surface area contributed by atoms with Crippen LogP contribution >= 0.6 is 11.8 Å². The molecule has 0 spiro atoms. The predicted molar refractivity (Wildman–Crippen MR) is 89.7 cm³/mol. The molecule has 1 N–H and O–H groups in total. The van der Waals surface area contributed by atoms with Crippen molar-refractivity contribution in [1.82, 2.24) is 5.32 Å². The van der Waals surface area contributed by atoms with Crippen molar-refractivity contribution in [2.45, 2.75) is 56.7 Å². The number of carbonyl (C=O) groups excluding carboxylic acids is 1. The number of ether oxygens (including phenoxy) is 1. The molecule has 1 rings (SSSR count). The van der Waals surface area contributed by atoms with Crippen molar-refractivity contribution in [2.75, 3.05) is 13.2 Å². The molecule has 0 saturated carbocycles. The van der Waals surface area contributed by atoms with Gasteiger partial charge in [-0.05, 0) is 44.5 Å². The molecular formula is C17H27NO2S. The number of esters is 1. The molecule has 0 heterocycles. The minimum absolute atomic E-state index is 0.102. The van der Waals surface area contributed by atoms with Crippen LogP contribution < -0.4 is 5.32 Å². The Bertz CT molecular complexity index is 419. The van der Waals surface area contributed by atoms with Crippen LogP contribution in [0.2, 0.25) is 0 Å². The van der Waals surface area contributed by atoms with E-state index in [-0.39, 0.29) is 11.2 Å². The molecule has 0 saturated heterocycles. The first kappa shape index (κ1) is 18.1. The minimum Gasteiger partial charge on any atom is -0.465 e. The first-order valence-corrected chi connectivity index (χ1v) is 8.66. The summed E-state index contributed by atoms with van der Waals surface area (Å²) in [5, 5.41) is 3.29. The van der Waals surface area contributed by atoms with Gasteiger partial charge in [-0.3, -0.25) is 4.79 Å². The van der Waals surface area contributed by atoms with Crippen LogP contribution in [0, 0.1) is 0 Å². The molecule has 2 atom stereocenters. The van der Waals surface area contributed by atoms with Crippen molar-refractivity contribution >= 4 is 17.7 Å². The van der Waals surface area contributed by atoms with Crippen molar-refractivity contribution in [1.29, 1.82) is 0 Å². The molecule has 0 aliphatic rings. The molecule has 3 nitrogen and oxygen atoms in total. The second kappa shape index (κ2) is 9.85. The molecule has 0 aliphatic carbocycles. The molecule has 0 radical (unpaired) electrons. The van der Waals surface area contributed by atoms with Crippen LogP contribution in [0.5, 0.6) is 0 Å². The average molecular weight is 309 g/mol. The van der Waals surface area contributed by atoms with Crippen LogP contribution in [0.25, 0.3) is 0 Å². The lowest BCUT2D eigenvalue weighted by Crippen LogP contribution is -2.20. The minimum atomic E-state index is -0.105. The molecule has 2 unspecified atom stereocenters. The Balaban J connectivity index is 2.69. The third-order valence-corrected chi connectivity index (χ3v) is 4.53. The van der Waals surface area contributed by atoms with Crippen molar-refractivity contribution < 1.29 is 9.53 Å². The Morgan fingerprint density at radius 2 is 1.90 bits per heavy atom. The molecular weight excluding hydrogens is 282 g/mol. The normalized spacial score (nSPS) is 13.7. The summed E-state index contributed by atoms with van der Waals surface area (Å²) in [6, 6.07) is 8.80. The molecule has 118 valence electrons. The molecule has 21 heavy (non-hydrogen) atoms. The van der Waals surface area contributed by atoms with E-state index in [0.29, 0.717) is 12.6 Å². The van der Waals surface area contributed by atoms with E-state index in [0.717, 1.165) is 24.3 Å². The fourth-order valence-electron chi connectivity index (χ4n) is 2.15. The zero-order chi connectivity index (χ0) is 15.7. The number of carbonyl (C=O) groups is 1. The van der Waals surface area contributed by atoms with Crippen molar-refractivity contribution in [3.05, 3.63) is 29.8 Å². The molecule has 0 aliphatic heterocycles. The highest BCUT2D eigenvalue weighted by atomic mass is 32.2. The third-order valence-electron chi connectivity index (χ3n) is 3.27. The second-order valence-corrected chi connectivity index (χ2v) is 6.27. The lowest BCUT2D eigenvalue weighted by Gasteiger charge is -2.16. The Morgan fingerprint density at radius 3 is 2.43 bits per heavy atom. The summed E-state index contributed by atoms with van der Waals surface area (Å²) >= 11 is 1.60. The summed E-state index contributed by atoms with van der Waals surface area (Å²) in [6.07, 6.45) is 1.82. The number of nitrogens with one attached hydrogen (secondary N) is 1. The Hall–Kier alpha value is -1.00. The van der Waals surface area contributed by atoms with Gasteiger partial charge in [-0.25, -0.2) is 0 Å². The number of benzene rings is 1. The van der Waals surface area contributed by atoms with Crippen LogP contribution in [0.4, 0.5) is 0 Å². The fourth-order valence-corrected chi connectivity index (χ4v) is 3.29. The van der Waals surface area contributed by atoms with Crippen LogP contribution in [0.3, 0.4) is 0 Å². The van der Waals surface area contributed by atoms with Gasteiger partial charge in [-0.15, -0.1) is 11.8 Å². The van der Waals surface area contributed by atoms with Gasteiger partial charge in [0.25, 0.3) is 0 Å². The molecule has 1 aromatic rings. The van der Waals surface area contributed by atoms with Gasteiger partial charge in [0.05, 0.1) is 6.61 Å². The largest absolute Gasteiger partial charge is 0.465 e. The van der Waals surface area contributed by atoms with Crippen molar-refractivity contribution in [3.8, 4) is 0 Å². The maximum atomic E-state index is 11.9. The Morgan fingerprint density at radius 1 is 1.24 bits per heavy atom. The van der Waals surface area contributed by atoms with Gasteiger partial charge >= 0.3 is 5.97 Å². The van der Waals surface area contributed by atoms with Gasteiger partial charge < -0.3 is 10.1 Å². The highest BCUT2D eigenvalue weighted by molar-refractivity contribution is 8.00. The van der Waals surface area contributed by atoms with Gasteiger partial charge in [0.15, 0.2) is 0 Å². The number of hydrogen-bond acceptors (Lipinski definition) is 4. The first-order valence-electron chi connectivity index (χ1n) is 7.78. The Labute approximate surface area is 132 Å². The third kappa shape index (κ3) is 6.10. The van der Waals surface area contributed by atoms with Crippen molar-refractivity contribution in [3.63, 3.8) is 0 Å². The predicted octanol–water partition coefficient (Wildman–Crippen LogP) is 4.18. The van der Waals surface area contributed by atoms with E-state index < -0.39 is 0 Å². The average Bonchev–Trinajstić information content (AvgIpc) is 2.48. The van der Waals surface area contributed by atoms with E-state index in [1.165, 1.54) is 5.56 Å². The summed E-state index contributed by atoms with van der Waals surface area (Å²) < 4.78 is 5.15. The molecule has 4 heteroatoms. The SMILES string of the molecule is CCCC(Sc1ccc(C(C)NCC)cc1)C(=O)OCC. The summed E-state index contributed by atoms with van der Waals surface area (Å²) in [5.74, 6) is -0.102. The summed E-state index contributed by atoms with van der Waals surface area (Å²) in [4.78, 5) is 13.1. The number of thioether (sulfide) groups is 1. The highest BCUT2D eigenvalue weighted by Gasteiger charge is 2.20. The summed E-state index contributed by atoms with van der Waals surface area (Å²) in [6.45, 7) is 9.61. The molecule has 0 bridgehead atoms. The molecule has 1 aromatic carbocycles. The van der Waals surface area contributed by atoms with E-state index in [2.05, 4.69) is 50.4 Å². The van der Waals surface area contributed by atoms with Crippen LogP contribution in [0.1, 0.15) is 52.1 Å². The highest BCUT2D eigenvalue weighted by Crippen LogP contribution is 2.28. The van der Waals surface area contributed by atoms with E-state index in [1.54, 1.807) is 11.8 Å². The maximum absolute atomic E-state index is 11.9. The van der Waals surface area contributed by atoms with Crippen molar-refractivity contribution in [2.24, 2.45) is 0 Å². The van der Waals surface area contributed by atoms with E-state index in [1.807, 2.05) is 6.92 Å². The Kier molecular flexibility index (Phi) is 8.47. The monoisotopic (exact) mass is 309 g/mol. The second-order valence-electron chi connectivity index (χ2n) is 5.00. The van der Waals surface area contributed by atoms with E-state index in [9.17, 15) is 4.79 Å². The van der Waals surface area contributed by atoms with Crippen LogP contribution in [0.15, 0.2) is 29.2 Å².